The van der Waals surface area contributed by atoms with Crippen LogP contribution in [0.5, 0.6) is 0 Å². The maximum atomic E-state index is 5.83. The van der Waals surface area contributed by atoms with Crippen molar-refractivity contribution in [3.8, 4) is 0 Å². The highest BCUT2D eigenvalue weighted by Gasteiger charge is 2.24. The zero-order valence-electron chi connectivity index (χ0n) is 10.3. The summed E-state index contributed by atoms with van der Waals surface area (Å²) < 4.78 is 11.5. The second-order valence-electron chi connectivity index (χ2n) is 4.47. The van der Waals surface area contributed by atoms with E-state index >= 15 is 0 Å². The molecule has 1 heterocycles. The van der Waals surface area contributed by atoms with Crippen LogP contribution < -0.4 is 5.32 Å². The minimum atomic E-state index is 0.349. The molecule has 1 fully saturated rings. The summed E-state index contributed by atoms with van der Waals surface area (Å²) in [6.07, 6.45) is 4.36. The normalized spacial score (nSPS) is 31.8. The lowest BCUT2D eigenvalue weighted by Crippen LogP contribution is -2.35. The molecule has 1 aliphatic rings. The van der Waals surface area contributed by atoms with Crippen LogP contribution in [0.15, 0.2) is 0 Å². The van der Waals surface area contributed by atoms with Gasteiger partial charge in [-0.3, -0.25) is 0 Å². The molecule has 1 N–H and O–H groups in total. The third kappa shape index (κ3) is 5.50. The average molecular weight is 215 g/mol. The molecule has 3 heteroatoms. The first-order valence-electron chi connectivity index (χ1n) is 6.20. The third-order valence-electron chi connectivity index (χ3n) is 2.71. The Morgan fingerprint density at radius 2 is 1.87 bits per heavy atom. The van der Waals surface area contributed by atoms with E-state index in [1.54, 1.807) is 0 Å². The van der Waals surface area contributed by atoms with Gasteiger partial charge in [-0.05, 0) is 39.7 Å². The van der Waals surface area contributed by atoms with E-state index in [4.69, 9.17) is 9.47 Å². The fraction of sp³-hybridized carbons (Fsp3) is 1.00. The summed E-state index contributed by atoms with van der Waals surface area (Å²) in [6, 6.07) is 0. The molecule has 0 aliphatic carbocycles. The molecule has 15 heavy (non-hydrogen) atoms. The van der Waals surface area contributed by atoms with E-state index in [0.717, 1.165) is 32.5 Å². The van der Waals surface area contributed by atoms with Gasteiger partial charge in [0, 0.05) is 6.54 Å². The van der Waals surface area contributed by atoms with Crippen molar-refractivity contribution in [3.63, 3.8) is 0 Å². The van der Waals surface area contributed by atoms with Crippen molar-refractivity contribution in [1.29, 1.82) is 0 Å². The number of hydrogen-bond acceptors (Lipinski definition) is 3. The van der Waals surface area contributed by atoms with Crippen molar-refractivity contribution in [1.82, 2.24) is 5.32 Å². The fourth-order valence-corrected chi connectivity index (χ4v) is 2.08. The van der Waals surface area contributed by atoms with Gasteiger partial charge in [-0.1, -0.05) is 6.92 Å². The lowest BCUT2D eigenvalue weighted by atomic mass is 10.0. The van der Waals surface area contributed by atoms with Crippen LogP contribution in [0.4, 0.5) is 0 Å². The van der Waals surface area contributed by atoms with Crippen LogP contribution in [-0.2, 0) is 9.47 Å². The van der Waals surface area contributed by atoms with Crippen LogP contribution >= 0.6 is 0 Å². The lowest BCUT2D eigenvalue weighted by Gasteiger charge is -2.32. The Morgan fingerprint density at radius 1 is 1.20 bits per heavy atom. The Bertz CT molecular complexity index is 154. The molecule has 0 radical (unpaired) electrons. The summed E-state index contributed by atoms with van der Waals surface area (Å²) in [5.41, 5.74) is 0. The summed E-state index contributed by atoms with van der Waals surface area (Å²) >= 11 is 0. The molecule has 0 spiro atoms. The fourth-order valence-electron chi connectivity index (χ4n) is 2.08. The van der Waals surface area contributed by atoms with Crippen molar-refractivity contribution in [3.05, 3.63) is 0 Å². The average Bonchev–Trinajstić information content (AvgIpc) is 2.16. The zero-order valence-corrected chi connectivity index (χ0v) is 10.3. The van der Waals surface area contributed by atoms with Crippen LogP contribution in [0, 0.1) is 0 Å². The molecule has 2 unspecified atom stereocenters. The van der Waals surface area contributed by atoms with Crippen LogP contribution in [0.2, 0.25) is 0 Å². The van der Waals surface area contributed by atoms with Gasteiger partial charge >= 0.3 is 0 Å². The van der Waals surface area contributed by atoms with Crippen LogP contribution in [0.3, 0.4) is 0 Å². The first-order valence-corrected chi connectivity index (χ1v) is 6.20. The van der Waals surface area contributed by atoms with Crippen molar-refractivity contribution in [2.45, 2.75) is 58.3 Å². The second kappa shape index (κ2) is 7.20. The predicted octanol–water partition coefficient (Wildman–Crippen LogP) is 1.96. The van der Waals surface area contributed by atoms with Gasteiger partial charge in [0.1, 0.15) is 0 Å². The lowest BCUT2D eigenvalue weighted by molar-refractivity contribution is -0.101. The van der Waals surface area contributed by atoms with Crippen molar-refractivity contribution < 1.29 is 9.47 Å². The molecule has 0 saturated carbocycles. The van der Waals surface area contributed by atoms with E-state index in [1.807, 2.05) is 0 Å². The molecular formula is C12H25NO2. The van der Waals surface area contributed by atoms with E-state index < -0.39 is 0 Å². The first kappa shape index (κ1) is 12.9. The largest absolute Gasteiger partial charge is 0.377 e. The van der Waals surface area contributed by atoms with Crippen molar-refractivity contribution in [2.75, 3.05) is 19.7 Å². The van der Waals surface area contributed by atoms with Gasteiger partial charge in [0.15, 0.2) is 0 Å². The molecule has 90 valence electrons. The minimum absolute atomic E-state index is 0.349. The molecule has 1 rings (SSSR count). The summed E-state index contributed by atoms with van der Waals surface area (Å²) in [6.45, 7) is 9.31. The van der Waals surface area contributed by atoms with Crippen LogP contribution in [0.1, 0.15) is 40.0 Å². The number of ether oxygens (including phenoxy) is 2. The zero-order chi connectivity index (χ0) is 11.1. The summed E-state index contributed by atoms with van der Waals surface area (Å²) in [7, 11) is 0. The molecular weight excluding hydrogens is 190 g/mol. The summed E-state index contributed by atoms with van der Waals surface area (Å²) in [5, 5.41) is 3.34. The third-order valence-corrected chi connectivity index (χ3v) is 2.71. The summed E-state index contributed by atoms with van der Waals surface area (Å²) in [5.74, 6) is 0. The highest BCUT2D eigenvalue weighted by atomic mass is 16.5. The molecule has 2 atom stereocenters. The highest BCUT2D eigenvalue weighted by molar-refractivity contribution is 4.73. The molecule has 0 bridgehead atoms. The van der Waals surface area contributed by atoms with Gasteiger partial charge in [0.25, 0.3) is 0 Å². The Hall–Kier alpha value is -0.120. The predicted molar refractivity (Wildman–Crippen MR) is 62.1 cm³/mol. The molecule has 0 aromatic rings. The highest BCUT2D eigenvalue weighted by Crippen LogP contribution is 2.21. The number of hydrogen-bond donors (Lipinski definition) is 1. The van der Waals surface area contributed by atoms with E-state index in [1.165, 1.54) is 6.42 Å². The smallest absolute Gasteiger partial charge is 0.0625 e. The van der Waals surface area contributed by atoms with Gasteiger partial charge in [0.2, 0.25) is 0 Å². The van der Waals surface area contributed by atoms with Gasteiger partial charge in [-0.15, -0.1) is 0 Å². The van der Waals surface area contributed by atoms with Gasteiger partial charge in [-0.25, -0.2) is 0 Å². The van der Waals surface area contributed by atoms with Crippen LogP contribution in [-0.4, -0.2) is 38.0 Å². The first-order chi connectivity index (χ1) is 7.22. The van der Waals surface area contributed by atoms with E-state index in [-0.39, 0.29) is 0 Å². The van der Waals surface area contributed by atoms with Crippen LogP contribution in [0.25, 0.3) is 0 Å². The Kier molecular flexibility index (Phi) is 6.22. The molecule has 3 nitrogen and oxygen atoms in total. The van der Waals surface area contributed by atoms with E-state index in [9.17, 15) is 0 Å². The monoisotopic (exact) mass is 215 g/mol. The molecule has 0 amide bonds. The standard InChI is InChI=1S/C12H25NO2/c1-4-5-13-6-7-14-12-8-10(2)15-11(3)9-12/h10-13H,4-9H2,1-3H3. The van der Waals surface area contributed by atoms with Gasteiger partial charge in [-0.2, -0.15) is 0 Å². The van der Waals surface area contributed by atoms with Gasteiger partial charge in [0.05, 0.1) is 24.9 Å². The SMILES string of the molecule is CCCNCCOC1CC(C)OC(C)C1. The molecule has 0 aromatic carbocycles. The second-order valence-corrected chi connectivity index (χ2v) is 4.47. The van der Waals surface area contributed by atoms with Gasteiger partial charge < -0.3 is 14.8 Å². The maximum absolute atomic E-state index is 5.83. The maximum Gasteiger partial charge on any atom is 0.0625 e. The topological polar surface area (TPSA) is 30.5 Å². The summed E-state index contributed by atoms with van der Waals surface area (Å²) in [4.78, 5) is 0. The Morgan fingerprint density at radius 3 is 2.47 bits per heavy atom. The molecule has 1 saturated heterocycles. The molecule has 1 aliphatic heterocycles. The van der Waals surface area contributed by atoms with E-state index in [2.05, 4.69) is 26.1 Å². The van der Waals surface area contributed by atoms with E-state index in [0.29, 0.717) is 18.3 Å². The molecule has 0 aromatic heterocycles. The minimum Gasteiger partial charge on any atom is -0.377 e. The Labute approximate surface area is 93.5 Å². The number of nitrogens with one attached hydrogen (secondary N) is 1. The Balaban J connectivity index is 2.04. The van der Waals surface area contributed by atoms with Crippen molar-refractivity contribution in [2.24, 2.45) is 0 Å². The number of rotatable bonds is 6. The van der Waals surface area contributed by atoms with Crippen molar-refractivity contribution >= 4 is 0 Å². The quantitative estimate of drug-likeness (QED) is 0.687.